The monoisotopic (exact) mass is 238 g/mol. The van der Waals surface area contributed by atoms with Crippen molar-refractivity contribution in [2.75, 3.05) is 19.6 Å². The molecule has 2 fully saturated rings. The van der Waals surface area contributed by atoms with Crippen LogP contribution in [0.1, 0.15) is 65.2 Å². The lowest BCUT2D eigenvalue weighted by atomic mass is 9.71. The maximum absolute atomic E-state index is 6.07. The minimum absolute atomic E-state index is 0.435. The zero-order chi connectivity index (χ0) is 12.4. The Morgan fingerprint density at radius 2 is 1.71 bits per heavy atom. The van der Waals surface area contributed by atoms with Gasteiger partial charge in [0.25, 0.3) is 0 Å². The van der Waals surface area contributed by atoms with E-state index in [4.69, 9.17) is 5.73 Å². The highest BCUT2D eigenvalue weighted by atomic mass is 15.2. The highest BCUT2D eigenvalue weighted by molar-refractivity contribution is 4.91. The van der Waals surface area contributed by atoms with Crippen LogP contribution in [0.2, 0.25) is 0 Å². The first-order valence-electron chi connectivity index (χ1n) is 7.53. The standard InChI is InChI=1S/C15H30N2/c1-14(2)7-6-11-17(14)12-10-15(13-16)8-4-3-5-9-15/h3-13,16H2,1-2H3. The fourth-order valence-electron chi connectivity index (χ4n) is 3.81. The molecule has 2 aliphatic rings. The molecular formula is C15H30N2. The zero-order valence-corrected chi connectivity index (χ0v) is 11.8. The van der Waals surface area contributed by atoms with E-state index >= 15 is 0 Å². The predicted molar refractivity (Wildman–Crippen MR) is 74.1 cm³/mol. The van der Waals surface area contributed by atoms with E-state index in [-0.39, 0.29) is 0 Å². The Morgan fingerprint density at radius 3 is 2.24 bits per heavy atom. The van der Waals surface area contributed by atoms with Crippen molar-refractivity contribution >= 4 is 0 Å². The van der Waals surface area contributed by atoms with Gasteiger partial charge in [-0.1, -0.05) is 19.3 Å². The lowest BCUT2D eigenvalue weighted by molar-refractivity contribution is 0.114. The number of rotatable bonds is 4. The molecule has 1 saturated heterocycles. The molecule has 2 nitrogen and oxygen atoms in total. The molecule has 2 N–H and O–H groups in total. The first-order valence-corrected chi connectivity index (χ1v) is 7.53. The van der Waals surface area contributed by atoms with Crippen molar-refractivity contribution in [3.05, 3.63) is 0 Å². The molecule has 1 aliphatic heterocycles. The minimum atomic E-state index is 0.435. The van der Waals surface area contributed by atoms with Crippen molar-refractivity contribution in [2.45, 2.75) is 70.8 Å². The molecule has 1 heterocycles. The first-order chi connectivity index (χ1) is 8.08. The van der Waals surface area contributed by atoms with Gasteiger partial charge in [-0.2, -0.15) is 0 Å². The second kappa shape index (κ2) is 5.27. The summed E-state index contributed by atoms with van der Waals surface area (Å²) in [5.41, 5.74) is 6.99. The van der Waals surface area contributed by atoms with E-state index in [9.17, 15) is 0 Å². The maximum Gasteiger partial charge on any atom is 0.0153 e. The fraction of sp³-hybridized carbons (Fsp3) is 1.00. The summed E-state index contributed by atoms with van der Waals surface area (Å²) in [5.74, 6) is 0. The molecule has 0 atom stereocenters. The second-order valence-corrected chi connectivity index (χ2v) is 6.92. The Hall–Kier alpha value is -0.0800. The fourth-order valence-corrected chi connectivity index (χ4v) is 3.81. The average Bonchev–Trinajstić information content (AvgIpc) is 2.67. The number of nitrogens with zero attached hydrogens (tertiary/aromatic N) is 1. The van der Waals surface area contributed by atoms with Crippen molar-refractivity contribution in [3.8, 4) is 0 Å². The van der Waals surface area contributed by atoms with Gasteiger partial charge in [0.2, 0.25) is 0 Å². The Morgan fingerprint density at radius 1 is 1.00 bits per heavy atom. The third-order valence-electron chi connectivity index (χ3n) is 5.33. The third kappa shape index (κ3) is 3.03. The molecule has 100 valence electrons. The van der Waals surface area contributed by atoms with Gasteiger partial charge in [0.05, 0.1) is 0 Å². The molecular weight excluding hydrogens is 208 g/mol. The molecule has 1 aliphatic carbocycles. The van der Waals surface area contributed by atoms with Gasteiger partial charge in [0.15, 0.2) is 0 Å². The summed E-state index contributed by atoms with van der Waals surface area (Å²) in [4.78, 5) is 2.69. The summed E-state index contributed by atoms with van der Waals surface area (Å²) >= 11 is 0. The Labute approximate surface area is 107 Å². The van der Waals surface area contributed by atoms with Gasteiger partial charge in [0, 0.05) is 5.54 Å². The van der Waals surface area contributed by atoms with E-state index in [0.29, 0.717) is 11.0 Å². The summed E-state index contributed by atoms with van der Waals surface area (Å²) in [7, 11) is 0. The third-order valence-corrected chi connectivity index (χ3v) is 5.33. The van der Waals surface area contributed by atoms with Crippen LogP contribution < -0.4 is 5.73 Å². The molecule has 0 radical (unpaired) electrons. The first kappa shape index (κ1) is 13.4. The van der Waals surface area contributed by atoms with Crippen molar-refractivity contribution in [1.29, 1.82) is 0 Å². The van der Waals surface area contributed by atoms with Crippen LogP contribution in [0.3, 0.4) is 0 Å². The van der Waals surface area contributed by atoms with Crippen LogP contribution in [0.5, 0.6) is 0 Å². The molecule has 0 bridgehead atoms. The van der Waals surface area contributed by atoms with Crippen molar-refractivity contribution in [3.63, 3.8) is 0 Å². The number of hydrogen-bond donors (Lipinski definition) is 1. The van der Waals surface area contributed by atoms with Crippen LogP contribution in [0.25, 0.3) is 0 Å². The lowest BCUT2D eigenvalue weighted by Crippen LogP contribution is -2.42. The molecule has 17 heavy (non-hydrogen) atoms. The van der Waals surface area contributed by atoms with Gasteiger partial charge < -0.3 is 5.73 Å². The number of nitrogens with two attached hydrogens (primary N) is 1. The SMILES string of the molecule is CC1(C)CCCN1CCC1(CN)CCCCC1. The lowest BCUT2D eigenvalue weighted by Gasteiger charge is -2.40. The van der Waals surface area contributed by atoms with Gasteiger partial charge >= 0.3 is 0 Å². The molecule has 2 rings (SSSR count). The Kier molecular flexibility index (Phi) is 4.14. The summed E-state index contributed by atoms with van der Waals surface area (Å²) in [6, 6.07) is 0. The van der Waals surface area contributed by atoms with Crippen LogP contribution in [-0.2, 0) is 0 Å². The molecule has 0 aromatic rings. The van der Waals surface area contributed by atoms with Crippen molar-refractivity contribution < 1.29 is 0 Å². The summed E-state index contributed by atoms with van der Waals surface area (Å²) in [6.45, 7) is 8.27. The Balaban J connectivity index is 1.87. The zero-order valence-electron chi connectivity index (χ0n) is 11.8. The van der Waals surface area contributed by atoms with Crippen molar-refractivity contribution in [2.24, 2.45) is 11.1 Å². The molecule has 1 saturated carbocycles. The van der Waals surface area contributed by atoms with E-state index in [0.717, 1.165) is 6.54 Å². The van der Waals surface area contributed by atoms with Gasteiger partial charge in [-0.3, -0.25) is 4.90 Å². The van der Waals surface area contributed by atoms with Crippen LogP contribution in [0.15, 0.2) is 0 Å². The van der Waals surface area contributed by atoms with Crippen LogP contribution in [0, 0.1) is 5.41 Å². The smallest absolute Gasteiger partial charge is 0.0153 e. The summed E-state index contributed by atoms with van der Waals surface area (Å²) < 4.78 is 0. The summed E-state index contributed by atoms with van der Waals surface area (Å²) in [5, 5.41) is 0. The minimum Gasteiger partial charge on any atom is -0.330 e. The second-order valence-electron chi connectivity index (χ2n) is 6.92. The van der Waals surface area contributed by atoms with Gasteiger partial charge in [-0.05, 0) is 71.0 Å². The number of hydrogen-bond acceptors (Lipinski definition) is 2. The van der Waals surface area contributed by atoms with E-state index in [2.05, 4.69) is 18.7 Å². The quantitative estimate of drug-likeness (QED) is 0.815. The number of likely N-dealkylation sites (tertiary alicyclic amines) is 1. The largest absolute Gasteiger partial charge is 0.330 e. The maximum atomic E-state index is 6.07. The highest BCUT2D eigenvalue weighted by Gasteiger charge is 2.35. The highest BCUT2D eigenvalue weighted by Crippen LogP contribution is 2.39. The van der Waals surface area contributed by atoms with E-state index in [1.807, 2.05) is 0 Å². The molecule has 2 heteroatoms. The molecule has 0 amide bonds. The Bertz CT molecular complexity index is 241. The van der Waals surface area contributed by atoms with Gasteiger partial charge in [0.1, 0.15) is 0 Å². The van der Waals surface area contributed by atoms with Gasteiger partial charge in [-0.25, -0.2) is 0 Å². The van der Waals surface area contributed by atoms with Crippen LogP contribution >= 0.6 is 0 Å². The summed E-state index contributed by atoms with van der Waals surface area (Å²) in [6.07, 6.45) is 11.0. The molecule has 0 spiro atoms. The predicted octanol–water partition coefficient (Wildman–Crippen LogP) is 3.16. The molecule has 0 aromatic carbocycles. The molecule has 0 aromatic heterocycles. The van der Waals surface area contributed by atoms with E-state index in [1.54, 1.807) is 0 Å². The topological polar surface area (TPSA) is 29.3 Å². The van der Waals surface area contributed by atoms with Crippen LogP contribution in [-0.4, -0.2) is 30.1 Å². The van der Waals surface area contributed by atoms with Gasteiger partial charge in [-0.15, -0.1) is 0 Å². The van der Waals surface area contributed by atoms with E-state index in [1.165, 1.54) is 64.5 Å². The van der Waals surface area contributed by atoms with Crippen LogP contribution in [0.4, 0.5) is 0 Å². The normalized spacial score (nSPS) is 28.4. The average molecular weight is 238 g/mol. The van der Waals surface area contributed by atoms with Crippen molar-refractivity contribution in [1.82, 2.24) is 4.90 Å². The van der Waals surface area contributed by atoms with E-state index < -0.39 is 0 Å². The molecule has 0 unspecified atom stereocenters.